The van der Waals surface area contributed by atoms with Gasteiger partial charge in [-0.1, -0.05) is 37.3 Å². The molecule has 0 saturated heterocycles. The van der Waals surface area contributed by atoms with Gasteiger partial charge in [-0.05, 0) is 0 Å². The van der Waals surface area contributed by atoms with Crippen molar-refractivity contribution in [2.24, 2.45) is 5.92 Å². The molecule has 1 unspecified atom stereocenters. The first kappa shape index (κ1) is 14.1. The number of carbonyl (C=O) groups is 1. The van der Waals surface area contributed by atoms with E-state index in [1.54, 1.807) is 30.0 Å². The molecule has 2 rings (SSSR count). The average Bonchev–Trinajstić information content (AvgIpc) is 2.88. The van der Waals surface area contributed by atoms with Crippen molar-refractivity contribution in [3.63, 3.8) is 0 Å². The molecule has 0 spiro atoms. The van der Waals surface area contributed by atoms with Crippen LogP contribution in [0.5, 0.6) is 0 Å². The molecule has 3 nitrogen and oxygen atoms in total. The van der Waals surface area contributed by atoms with E-state index in [1.165, 1.54) is 0 Å². The summed E-state index contributed by atoms with van der Waals surface area (Å²) in [6, 6.07) is 10.1. The Labute approximate surface area is 120 Å². The van der Waals surface area contributed by atoms with Crippen LogP contribution in [0.15, 0.2) is 35.7 Å². The van der Waals surface area contributed by atoms with E-state index < -0.39 is 5.97 Å². The maximum absolute atomic E-state index is 10.7. The average molecular weight is 293 g/mol. The topological polar surface area (TPSA) is 50.2 Å². The second-order valence-electron chi connectivity index (χ2n) is 4.26. The predicted molar refractivity (Wildman–Crippen MR) is 80.5 cm³/mol. The Hall–Kier alpha value is -1.33. The minimum Gasteiger partial charge on any atom is -0.481 e. The largest absolute Gasteiger partial charge is 0.481 e. The Bertz CT molecular complexity index is 539. The number of rotatable bonds is 6. The lowest BCUT2D eigenvalue weighted by Crippen LogP contribution is -2.11. The van der Waals surface area contributed by atoms with E-state index in [4.69, 9.17) is 5.11 Å². The number of carboxylic acids is 1. The van der Waals surface area contributed by atoms with Gasteiger partial charge in [-0.2, -0.15) is 11.8 Å². The Morgan fingerprint density at radius 3 is 2.84 bits per heavy atom. The van der Waals surface area contributed by atoms with Crippen LogP contribution in [0.25, 0.3) is 10.6 Å². The summed E-state index contributed by atoms with van der Waals surface area (Å²) in [5.74, 6) is 0.335. The number of hydrogen-bond donors (Lipinski definition) is 1. The summed E-state index contributed by atoms with van der Waals surface area (Å²) >= 11 is 3.24. The van der Waals surface area contributed by atoms with E-state index in [-0.39, 0.29) is 5.92 Å². The van der Waals surface area contributed by atoms with Crippen LogP contribution in [-0.2, 0) is 10.5 Å². The van der Waals surface area contributed by atoms with Gasteiger partial charge in [-0.15, -0.1) is 11.3 Å². The fraction of sp³-hybridized carbons (Fsp3) is 0.286. The monoisotopic (exact) mass is 293 g/mol. The molecule has 0 amide bonds. The summed E-state index contributed by atoms with van der Waals surface area (Å²) in [7, 11) is 0. The molecule has 5 heteroatoms. The lowest BCUT2D eigenvalue weighted by molar-refractivity contribution is -0.140. The van der Waals surface area contributed by atoms with Crippen molar-refractivity contribution in [3.05, 3.63) is 41.4 Å². The molecule has 1 aromatic heterocycles. The summed E-state index contributed by atoms with van der Waals surface area (Å²) in [5, 5.41) is 11.9. The minimum atomic E-state index is -0.740. The summed E-state index contributed by atoms with van der Waals surface area (Å²) in [6.45, 7) is 1.73. The zero-order valence-electron chi connectivity index (χ0n) is 10.6. The molecule has 1 heterocycles. The molecule has 2 aromatic rings. The highest BCUT2D eigenvalue weighted by Gasteiger charge is 2.11. The van der Waals surface area contributed by atoms with Gasteiger partial charge in [-0.25, -0.2) is 4.98 Å². The van der Waals surface area contributed by atoms with Crippen molar-refractivity contribution >= 4 is 29.1 Å². The Morgan fingerprint density at radius 1 is 1.42 bits per heavy atom. The van der Waals surface area contributed by atoms with Gasteiger partial charge in [0.25, 0.3) is 0 Å². The van der Waals surface area contributed by atoms with E-state index in [0.29, 0.717) is 5.75 Å². The first-order valence-corrected chi connectivity index (χ1v) is 8.00. The molecular formula is C14H15NO2S2. The molecule has 100 valence electrons. The number of aliphatic carboxylic acids is 1. The van der Waals surface area contributed by atoms with Gasteiger partial charge < -0.3 is 5.11 Å². The molecule has 0 aliphatic carbocycles. The van der Waals surface area contributed by atoms with Crippen LogP contribution in [0.4, 0.5) is 0 Å². The van der Waals surface area contributed by atoms with Gasteiger partial charge in [0.15, 0.2) is 0 Å². The van der Waals surface area contributed by atoms with Crippen molar-refractivity contribution in [1.82, 2.24) is 4.98 Å². The lowest BCUT2D eigenvalue weighted by atomic mass is 10.2. The second-order valence-corrected chi connectivity index (χ2v) is 6.15. The molecule has 19 heavy (non-hydrogen) atoms. The van der Waals surface area contributed by atoms with E-state index in [0.717, 1.165) is 22.0 Å². The number of thiazole rings is 1. The molecule has 0 fully saturated rings. The molecule has 1 atom stereocenters. The lowest BCUT2D eigenvalue weighted by Gasteiger charge is -2.03. The third kappa shape index (κ3) is 4.08. The van der Waals surface area contributed by atoms with Crippen molar-refractivity contribution in [1.29, 1.82) is 0 Å². The van der Waals surface area contributed by atoms with E-state index in [9.17, 15) is 4.79 Å². The fourth-order valence-electron chi connectivity index (χ4n) is 1.50. The smallest absolute Gasteiger partial charge is 0.307 e. The first-order chi connectivity index (χ1) is 9.16. The third-order valence-electron chi connectivity index (χ3n) is 2.61. The summed E-state index contributed by atoms with van der Waals surface area (Å²) in [6.07, 6.45) is 0. The van der Waals surface area contributed by atoms with Crippen LogP contribution in [0.2, 0.25) is 0 Å². The van der Waals surface area contributed by atoms with E-state index in [2.05, 4.69) is 4.98 Å². The van der Waals surface area contributed by atoms with Crippen molar-refractivity contribution in [3.8, 4) is 10.6 Å². The maximum Gasteiger partial charge on any atom is 0.307 e. The number of hydrogen-bond acceptors (Lipinski definition) is 4. The second kappa shape index (κ2) is 6.73. The SMILES string of the molecule is CC(CSCc1csc(-c2ccccc2)n1)C(=O)O. The quantitative estimate of drug-likeness (QED) is 0.881. The highest BCUT2D eigenvalue weighted by Crippen LogP contribution is 2.25. The van der Waals surface area contributed by atoms with E-state index in [1.807, 2.05) is 35.7 Å². The predicted octanol–water partition coefficient (Wildman–Crippen LogP) is 3.76. The first-order valence-electron chi connectivity index (χ1n) is 5.97. The molecule has 1 N–H and O–H groups in total. The zero-order chi connectivity index (χ0) is 13.7. The molecule has 0 aliphatic heterocycles. The van der Waals surface area contributed by atoms with Gasteiger partial charge in [0, 0.05) is 22.4 Å². The fourth-order valence-corrected chi connectivity index (χ4v) is 3.40. The summed E-state index contributed by atoms with van der Waals surface area (Å²) < 4.78 is 0. The van der Waals surface area contributed by atoms with Crippen molar-refractivity contribution in [2.75, 3.05) is 5.75 Å². The van der Waals surface area contributed by atoms with Crippen molar-refractivity contribution in [2.45, 2.75) is 12.7 Å². The Balaban J connectivity index is 1.90. The van der Waals surface area contributed by atoms with Gasteiger partial charge in [0.05, 0.1) is 11.6 Å². The van der Waals surface area contributed by atoms with E-state index >= 15 is 0 Å². The minimum absolute atomic E-state index is 0.308. The summed E-state index contributed by atoms with van der Waals surface area (Å²) in [5.41, 5.74) is 2.15. The summed E-state index contributed by atoms with van der Waals surface area (Å²) in [4.78, 5) is 15.3. The number of benzene rings is 1. The Morgan fingerprint density at radius 2 is 2.16 bits per heavy atom. The van der Waals surface area contributed by atoms with Gasteiger partial charge in [0.1, 0.15) is 5.01 Å². The van der Waals surface area contributed by atoms with Gasteiger partial charge in [-0.3, -0.25) is 4.79 Å². The molecule has 0 bridgehead atoms. The standard InChI is InChI=1S/C14H15NO2S2/c1-10(14(16)17)7-18-8-12-9-19-13(15-12)11-5-3-2-4-6-11/h2-6,9-10H,7-8H2,1H3,(H,16,17). The van der Waals surface area contributed by atoms with Crippen LogP contribution in [-0.4, -0.2) is 21.8 Å². The number of nitrogens with zero attached hydrogens (tertiary/aromatic N) is 1. The van der Waals surface area contributed by atoms with Crippen LogP contribution in [0.3, 0.4) is 0 Å². The maximum atomic E-state index is 10.7. The van der Waals surface area contributed by atoms with Crippen molar-refractivity contribution < 1.29 is 9.90 Å². The molecule has 0 radical (unpaired) electrons. The number of aromatic nitrogens is 1. The molecule has 1 aromatic carbocycles. The highest BCUT2D eigenvalue weighted by molar-refractivity contribution is 7.98. The highest BCUT2D eigenvalue weighted by atomic mass is 32.2. The molecule has 0 saturated carbocycles. The number of carboxylic acid groups (broad SMARTS) is 1. The molecule has 0 aliphatic rings. The zero-order valence-corrected chi connectivity index (χ0v) is 12.2. The van der Waals surface area contributed by atoms with Gasteiger partial charge >= 0.3 is 5.97 Å². The van der Waals surface area contributed by atoms with Crippen LogP contribution in [0.1, 0.15) is 12.6 Å². The van der Waals surface area contributed by atoms with Gasteiger partial charge in [0.2, 0.25) is 0 Å². The normalized spacial score (nSPS) is 12.3. The number of thioether (sulfide) groups is 1. The molecular weight excluding hydrogens is 278 g/mol. The Kier molecular flexibility index (Phi) is 4.99. The van der Waals surface area contributed by atoms with Crippen LogP contribution < -0.4 is 0 Å². The van der Waals surface area contributed by atoms with Crippen LogP contribution in [0, 0.1) is 5.92 Å². The third-order valence-corrected chi connectivity index (χ3v) is 4.79. The van der Waals surface area contributed by atoms with Crippen LogP contribution >= 0.6 is 23.1 Å².